The molecule has 0 fully saturated rings. The number of benzene rings is 2. The first-order valence-corrected chi connectivity index (χ1v) is 8.64. The van der Waals surface area contributed by atoms with Crippen LogP contribution in [-0.2, 0) is 11.3 Å². The third kappa shape index (κ3) is 4.01. The summed E-state index contributed by atoms with van der Waals surface area (Å²) in [6, 6.07) is 16.5. The van der Waals surface area contributed by atoms with Gasteiger partial charge in [-0.05, 0) is 50.2 Å². The topological polar surface area (TPSA) is 90.5 Å². The van der Waals surface area contributed by atoms with Crippen LogP contribution in [0, 0.1) is 24.0 Å². The van der Waals surface area contributed by atoms with Crippen molar-refractivity contribution >= 4 is 17.3 Å². The van der Waals surface area contributed by atoms with Gasteiger partial charge in [0.1, 0.15) is 29.4 Å². The van der Waals surface area contributed by atoms with Gasteiger partial charge in [-0.1, -0.05) is 18.2 Å². The molecule has 3 rings (SSSR count). The van der Waals surface area contributed by atoms with Gasteiger partial charge in [0.2, 0.25) is 5.91 Å². The maximum absolute atomic E-state index is 12.6. The maximum Gasteiger partial charge on any atom is 0.312 e. The van der Waals surface area contributed by atoms with Gasteiger partial charge in [-0.25, -0.2) is 0 Å². The van der Waals surface area contributed by atoms with Crippen molar-refractivity contribution in [2.45, 2.75) is 20.4 Å². The van der Waals surface area contributed by atoms with Crippen molar-refractivity contribution in [1.82, 2.24) is 9.78 Å². The van der Waals surface area contributed by atoms with Crippen LogP contribution in [-0.4, -0.2) is 27.7 Å². The minimum atomic E-state index is -0.478. The molecule has 0 unspecified atom stereocenters. The second-order valence-electron chi connectivity index (χ2n) is 6.30. The van der Waals surface area contributed by atoms with Gasteiger partial charge in [-0.2, -0.15) is 5.10 Å². The van der Waals surface area contributed by atoms with Gasteiger partial charge >= 0.3 is 5.69 Å². The van der Waals surface area contributed by atoms with Crippen molar-refractivity contribution in [3.63, 3.8) is 0 Å². The number of para-hydroxylation sites is 1. The third-order valence-corrected chi connectivity index (χ3v) is 4.39. The normalized spacial score (nSPS) is 10.5. The van der Waals surface area contributed by atoms with Crippen LogP contribution >= 0.6 is 0 Å². The summed E-state index contributed by atoms with van der Waals surface area (Å²) >= 11 is 0. The van der Waals surface area contributed by atoms with Crippen molar-refractivity contribution in [2.75, 3.05) is 11.9 Å². The number of hydrogen-bond donors (Lipinski definition) is 0. The van der Waals surface area contributed by atoms with E-state index in [9.17, 15) is 14.9 Å². The summed E-state index contributed by atoms with van der Waals surface area (Å²) in [6.45, 7) is 3.06. The number of nitrogens with zero attached hydrogens (tertiary/aromatic N) is 4. The highest BCUT2D eigenvalue weighted by atomic mass is 16.6. The van der Waals surface area contributed by atoms with E-state index in [1.165, 1.54) is 9.58 Å². The molecular weight excluding hydrogens is 360 g/mol. The number of aryl methyl sites for hydroxylation is 1. The lowest BCUT2D eigenvalue weighted by Gasteiger charge is -2.18. The van der Waals surface area contributed by atoms with Crippen LogP contribution in [0.5, 0.6) is 11.5 Å². The number of aromatic nitrogens is 2. The van der Waals surface area contributed by atoms with Crippen molar-refractivity contribution in [3.05, 3.63) is 76.1 Å². The molecule has 144 valence electrons. The largest absolute Gasteiger partial charge is 0.457 e. The second kappa shape index (κ2) is 7.91. The number of hydrogen-bond acceptors (Lipinski definition) is 5. The number of ether oxygens (including phenoxy) is 1. The number of likely N-dealkylation sites (N-methyl/N-ethyl adjacent to an activating group) is 1. The minimum absolute atomic E-state index is 0.0575. The summed E-state index contributed by atoms with van der Waals surface area (Å²) in [6.07, 6.45) is 0. The van der Waals surface area contributed by atoms with E-state index in [4.69, 9.17) is 4.74 Å². The Kier molecular flexibility index (Phi) is 5.39. The molecular formula is C20H20N4O4. The molecule has 1 amide bonds. The quantitative estimate of drug-likeness (QED) is 0.478. The number of carbonyl (C=O) groups is 1. The number of anilines is 1. The Labute approximate surface area is 162 Å². The Morgan fingerprint density at radius 2 is 1.71 bits per heavy atom. The number of nitro groups is 1. The van der Waals surface area contributed by atoms with E-state index in [0.29, 0.717) is 22.8 Å². The molecule has 0 saturated carbocycles. The molecule has 8 heteroatoms. The Bertz CT molecular complexity index is 997. The zero-order chi connectivity index (χ0) is 20.3. The average Bonchev–Trinajstić information content (AvgIpc) is 2.96. The second-order valence-corrected chi connectivity index (χ2v) is 6.30. The van der Waals surface area contributed by atoms with E-state index in [1.807, 2.05) is 30.3 Å². The molecule has 1 aromatic heterocycles. The maximum atomic E-state index is 12.6. The van der Waals surface area contributed by atoms with Crippen molar-refractivity contribution in [1.29, 1.82) is 0 Å². The highest BCUT2D eigenvalue weighted by Crippen LogP contribution is 2.25. The van der Waals surface area contributed by atoms with E-state index < -0.39 is 4.92 Å². The Hall–Kier alpha value is -3.68. The molecule has 28 heavy (non-hydrogen) atoms. The van der Waals surface area contributed by atoms with Crippen molar-refractivity contribution in [3.8, 4) is 11.5 Å². The molecule has 8 nitrogen and oxygen atoms in total. The number of amides is 1. The first-order chi connectivity index (χ1) is 13.4. The van der Waals surface area contributed by atoms with Gasteiger partial charge in [-0.15, -0.1) is 0 Å². The van der Waals surface area contributed by atoms with E-state index in [-0.39, 0.29) is 18.1 Å². The molecule has 3 aromatic rings. The third-order valence-electron chi connectivity index (χ3n) is 4.39. The lowest BCUT2D eigenvalue weighted by Crippen LogP contribution is -2.30. The fourth-order valence-electron chi connectivity index (χ4n) is 2.85. The molecule has 0 spiro atoms. The van der Waals surface area contributed by atoms with E-state index in [0.717, 1.165) is 5.75 Å². The summed E-state index contributed by atoms with van der Waals surface area (Å²) < 4.78 is 7.10. The van der Waals surface area contributed by atoms with Crippen LogP contribution < -0.4 is 9.64 Å². The number of rotatable bonds is 6. The Morgan fingerprint density at radius 1 is 1.11 bits per heavy atom. The highest BCUT2D eigenvalue weighted by Gasteiger charge is 2.23. The Balaban J connectivity index is 1.70. The minimum Gasteiger partial charge on any atom is -0.457 e. The molecule has 0 atom stereocenters. The SMILES string of the molecule is Cc1nn(CC(=O)N(C)c2ccc(Oc3ccccc3)cc2)c(C)c1[N+](=O)[O-]. The van der Waals surface area contributed by atoms with Gasteiger partial charge in [0, 0.05) is 12.7 Å². The van der Waals surface area contributed by atoms with Crippen LogP contribution in [0.15, 0.2) is 54.6 Å². The molecule has 0 N–H and O–H groups in total. The lowest BCUT2D eigenvalue weighted by molar-refractivity contribution is -0.386. The molecule has 0 bridgehead atoms. The Morgan fingerprint density at radius 3 is 2.29 bits per heavy atom. The molecule has 0 aliphatic rings. The fourth-order valence-corrected chi connectivity index (χ4v) is 2.85. The zero-order valence-corrected chi connectivity index (χ0v) is 15.8. The highest BCUT2D eigenvalue weighted by molar-refractivity contribution is 5.92. The first kappa shape index (κ1) is 19.1. The van der Waals surface area contributed by atoms with Crippen LogP contribution in [0.3, 0.4) is 0 Å². The van der Waals surface area contributed by atoms with Gasteiger partial charge in [0.15, 0.2) is 0 Å². The average molecular weight is 380 g/mol. The molecule has 1 heterocycles. The molecule has 0 saturated heterocycles. The fraction of sp³-hybridized carbons (Fsp3) is 0.200. The van der Waals surface area contributed by atoms with Gasteiger partial charge in [0.25, 0.3) is 0 Å². The predicted molar refractivity (Wildman–Crippen MR) is 105 cm³/mol. The molecule has 0 aliphatic carbocycles. The molecule has 0 radical (unpaired) electrons. The first-order valence-electron chi connectivity index (χ1n) is 8.64. The van der Waals surface area contributed by atoms with E-state index in [2.05, 4.69) is 5.10 Å². The predicted octanol–water partition coefficient (Wildman–Crippen LogP) is 3.86. The van der Waals surface area contributed by atoms with Gasteiger partial charge in [-0.3, -0.25) is 19.6 Å². The van der Waals surface area contributed by atoms with Crippen LogP contribution in [0.25, 0.3) is 0 Å². The van der Waals surface area contributed by atoms with Crippen LogP contribution in [0.4, 0.5) is 11.4 Å². The summed E-state index contributed by atoms with van der Waals surface area (Å²) in [5.74, 6) is 1.15. The van der Waals surface area contributed by atoms with Gasteiger partial charge < -0.3 is 9.64 Å². The summed E-state index contributed by atoms with van der Waals surface area (Å²) in [7, 11) is 1.65. The molecule has 0 aliphatic heterocycles. The van der Waals surface area contributed by atoms with Gasteiger partial charge in [0.05, 0.1) is 4.92 Å². The monoisotopic (exact) mass is 380 g/mol. The molecule has 2 aromatic carbocycles. The lowest BCUT2D eigenvalue weighted by atomic mass is 10.2. The number of carbonyl (C=O) groups excluding carboxylic acids is 1. The standard InChI is InChI=1S/C20H20N4O4/c1-14-20(24(26)27)15(2)23(21-14)13-19(25)22(3)16-9-11-18(12-10-16)28-17-7-5-4-6-8-17/h4-12H,13H2,1-3H3. The summed E-state index contributed by atoms with van der Waals surface area (Å²) in [5, 5.41) is 15.2. The van der Waals surface area contributed by atoms with Crippen LogP contribution in [0.1, 0.15) is 11.4 Å². The van der Waals surface area contributed by atoms with Crippen molar-refractivity contribution in [2.24, 2.45) is 0 Å². The summed E-state index contributed by atoms with van der Waals surface area (Å²) in [4.78, 5) is 24.7. The van der Waals surface area contributed by atoms with Crippen molar-refractivity contribution < 1.29 is 14.5 Å². The summed E-state index contributed by atoms with van der Waals surface area (Å²) in [5.41, 5.74) is 1.27. The zero-order valence-electron chi connectivity index (χ0n) is 15.8. The smallest absolute Gasteiger partial charge is 0.312 e. The van der Waals surface area contributed by atoms with Crippen LogP contribution in [0.2, 0.25) is 0 Å². The van der Waals surface area contributed by atoms with E-state index in [1.54, 1.807) is 45.2 Å². The van der Waals surface area contributed by atoms with E-state index >= 15 is 0 Å².